The SMILES string of the molecule is COc1ccc(Cn2c3c(c(C(=O)Cc4cnccn4)cc2=O)CCOCC3)cc1. The van der Waals surface area contributed by atoms with Gasteiger partial charge in [0.05, 0.1) is 39.0 Å². The number of hydrogen-bond acceptors (Lipinski definition) is 6. The lowest BCUT2D eigenvalue weighted by Crippen LogP contribution is -2.28. The molecule has 3 aromatic rings. The normalized spacial score (nSPS) is 13.4. The number of ether oxygens (including phenoxy) is 2. The van der Waals surface area contributed by atoms with Crippen LogP contribution in [0.1, 0.15) is 32.9 Å². The molecule has 0 N–H and O–H groups in total. The van der Waals surface area contributed by atoms with E-state index in [4.69, 9.17) is 9.47 Å². The highest BCUT2D eigenvalue weighted by atomic mass is 16.5. The summed E-state index contributed by atoms with van der Waals surface area (Å²) in [6, 6.07) is 9.10. The molecule has 0 saturated carbocycles. The van der Waals surface area contributed by atoms with Crippen LogP contribution in [0.4, 0.5) is 0 Å². The minimum atomic E-state index is -0.186. The Bertz CT molecular complexity index is 1090. The number of pyridine rings is 1. The molecule has 0 bridgehead atoms. The second-order valence-corrected chi connectivity index (χ2v) is 7.16. The van der Waals surface area contributed by atoms with Crippen molar-refractivity contribution in [3.05, 3.63) is 87.4 Å². The molecule has 7 nitrogen and oxygen atoms in total. The van der Waals surface area contributed by atoms with Gasteiger partial charge in [0.15, 0.2) is 5.78 Å². The predicted molar refractivity (Wildman–Crippen MR) is 111 cm³/mol. The molecule has 0 radical (unpaired) electrons. The van der Waals surface area contributed by atoms with Crippen molar-refractivity contribution in [2.45, 2.75) is 25.8 Å². The van der Waals surface area contributed by atoms with E-state index in [0.29, 0.717) is 43.9 Å². The Morgan fingerprint density at radius 2 is 1.97 bits per heavy atom. The van der Waals surface area contributed by atoms with Crippen LogP contribution in [-0.4, -0.2) is 40.6 Å². The summed E-state index contributed by atoms with van der Waals surface area (Å²) in [4.78, 5) is 34.2. The largest absolute Gasteiger partial charge is 0.497 e. The molecule has 0 spiro atoms. The van der Waals surface area contributed by atoms with Gasteiger partial charge in [0, 0.05) is 42.3 Å². The summed E-state index contributed by atoms with van der Waals surface area (Å²) in [5, 5.41) is 0. The van der Waals surface area contributed by atoms with Crippen molar-refractivity contribution in [2.75, 3.05) is 20.3 Å². The zero-order valence-corrected chi connectivity index (χ0v) is 16.8. The standard InChI is InChI=1S/C23H23N3O4/c1-29-18-4-2-16(3-5-18)15-26-21-7-11-30-10-6-19(21)20(13-23(26)28)22(27)12-17-14-24-8-9-25-17/h2-5,8-9,13-14H,6-7,10-12,15H2,1H3. The molecule has 0 atom stereocenters. The Labute approximate surface area is 174 Å². The first-order valence-electron chi connectivity index (χ1n) is 9.90. The number of carbonyl (C=O) groups is 1. The van der Waals surface area contributed by atoms with Crippen molar-refractivity contribution in [1.29, 1.82) is 0 Å². The molecule has 0 amide bonds. The minimum Gasteiger partial charge on any atom is -0.497 e. The quantitative estimate of drug-likeness (QED) is 0.585. The van der Waals surface area contributed by atoms with Gasteiger partial charge >= 0.3 is 0 Å². The molecule has 0 unspecified atom stereocenters. The third kappa shape index (κ3) is 4.31. The fourth-order valence-electron chi connectivity index (χ4n) is 3.77. The monoisotopic (exact) mass is 405 g/mol. The van der Waals surface area contributed by atoms with Gasteiger partial charge in [-0.25, -0.2) is 0 Å². The lowest BCUT2D eigenvalue weighted by molar-refractivity contribution is 0.0990. The highest BCUT2D eigenvalue weighted by Crippen LogP contribution is 2.21. The lowest BCUT2D eigenvalue weighted by atomic mass is 9.96. The number of methoxy groups -OCH3 is 1. The molecule has 154 valence electrons. The third-order valence-corrected chi connectivity index (χ3v) is 5.27. The first-order valence-corrected chi connectivity index (χ1v) is 9.90. The minimum absolute atomic E-state index is 0.114. The second kappa shape index (κ2) is 9.00. The van der Waals surface area contributed by atoms with E-state index in [9.17, 15) is 9.59 Å². The summed E-state index contributed by atoms with van der Waals surface area (Å²) in [6.45, 7) is 1.49. The first-order chi connectivity index (χ1) is 14.7. The zero-order valence-electron chi connectivity index (χ0n) is 16.8. The van der Waals surface area contributed by atoms with E-state index >= 15 is 0 Å². The molecule has 0 aliphatic carbocycles. The van der Waals surface area contributed by atoms with Crippen LogP contribution in [0.15, 0.2) is 53.7 Å². The molecular formula is C23H23N3O4. The Kier molecular flexibility index (Phi) is 5.99. The summed E-state index contributed by atoms with van der Waals surface area (Å²) < 4.78 is 12.6. The van der Waals surface area contributed by atoms with Crippen LogP contribution in [0, 0.1) is 0 Å². The van der Waals surface area contributed by atoms with Crippen molar-refractivity contribution >= 4 is 5.78 Å². The van der Waals surface area contributed by atoms with Gasteiger partial charge in [0.25, 0.3) is 5.56 Å². The molecule has 1 aromatic carbocycles. The number of nitrogens with zero attached hydrogens (tertiary/aromatic N) is 3. The average molecular weight is 405 g/mol. The Hall–Kier alpha value is -3.32. The van der Waals surface area contributed by atoms with Crippen molar-refractivity contribution in [3.63, 3.8) is 0 Å². The van der Waals surface area contributed by atoms with Crippen LogP contribution in [0.25, 0.3) is 0 Å². The number of fused-ring (bicyclic) bond motifs is 1. The number of benzene rings is 1. The number of hydrogen-bond donors (Lipinski definition) is 0. The van der Waals surface area contributed by atoms with E-state index < -0.39 is 0 Å². The van der Waals surface area contributed by atoms with Crippen LogP contribution in [-0.2, 0) is 30.5 Å². The number of carbonyl (C=O) groups excluding carboxylic acids is 1. The number of aromatic nitrogens is 3. The van der Waals surface area contributed by atoms with E-state index in [2.05, 4.69) is 9.97 Å². The van der Waals surface area contributed by atoms with Gasteiger partial charge in [0.1, 0.15) is 5.75 Å². The van der Waals surface area contributed by atoms with Gasteiger partial charge in [-0.05, 0) is 29.7 Å². The molecule has 4 rings (SSSR count). The van der Waals surface area contributed by atoms with E-state index in [0.717, 1.165) is 22.6 Å². The Morgan fingerprint density at radius 1 is 1.17 bits per heavy atom. The fraction of sp³-hybridized carbons (Fsp3) is 0.304. The molecule has 2 aromatic heterocycles. The lowest BCUT2D eigenvalue weighted by Gasteiger charge is -2.18. The summed E-state index contributed by atoms with van der Waals surface area (Å²) in [6.07, 6.45) is 6.00. The highest BCUT2D eigenvalue weighted by molar-refractivity contribution is 5.98. The van der Waals surface area contributed by atoms with Gasteiger partial charge in [0.2, 0.25) is 0 Å². The molecule has 0 saturated heterocycles. The third-order valence-electron chi connectivity index (χ3n) is 5.27. The molecular weight excluding hydrogens is 382 g/mol. The first kappa shape index (κ1) is 20.0. The second-order valence-electron chi connectivity index (χ2n) is 7.16. The Balaban J connectivity index is 1.71. The van der Waals surface area contributed by atoms with Crippen LogP contribution in [0.2, 0.25) is 0 Å². The van der Waals surface area contributed by atoms with Gasteiger partial charge in [-0.2, -0.15) is 0 Å². The smallest absolute Gasteiger partial charge is 0.251 e. The molecule has 0 fully saturated rings. The Morgan fingerprint density at radius 3 is 2.70 bits per heavy atom. The maximum Gasteiger partial charge on any atom is 0.251 e. The maximum atomic E-state index is 13.0. The summed E-state index contributed by atoms with van der Waals surface area (Å²) in [7, 11) is 1.62. The number of Topliss-reactive ketones (excluding diaryl/α,β-unsaturated/α-hetero) is 1. The molecule has 1 aliphatic rings. The molecule has 3 heterocycles. The topological polar surface area (TPSA) is 83.3 Å². The van der Waals surface area contributed by atoms with Crippen molar-refractivity contribution in [2.24, 2.45) is 0 Å². The predicted octanol–water partition coefficient (Wildman–Crippen LogP) is 2.24. The van der Waals surface area contributed by atoms with Gasteiger partial charge < -0.3 is 14.0 Å². The molecule has 7 heteroatoms. The number of rotatable bonds is 6. The molecule has 1 aliphatic heterocycles. The van der Waals surface area contributed by atoms with Gasteiger partial charge in [-0.3, -0.25) is 19.6 Å². The van der Waals surface area contributed by atoms with Crippen LogP contribution < -0.4 is 10.3 Å². The van der Waals surface area contributed by atoms with Crippen LogP contribution in [0.5, 0.6) is 5.75 Å². The average Bonchev–Trinajstić information content (AvgIpc) is 3.03. The van der Waals surface area contributed by atoms with Crippen LogP contribution >= 0.6 is 0 Å². The van der Waals surface area contributed by atoms with Gasteiger partial charge in [-0.15, -0.1) is 0 Å². The number of ketones is 1. The summed E-state index contributed by atoms with van der Waals surface area (Å²) in [5.74, 6) is 0.644. The van der Waals surface area contributed by atoms with Crippen molar-refractivity contribution < 1.29 is 14.3 Å². The highest BCUT2D eigenvalue weighted by Gasteiger charge is 2.22. The van der Waals surface area contributed by atoms with E-state index in [1.54, 1.807) is 30.3 Å². The zero-order chi connectivity index (χ0) is 20.9. The molecule has 30 heavy (non-hydrogen) atoms. The van der Waals surface area contributed by atoms with Crippen molar-refractivity contribution in [3.8, 4) is 5.75 Å². The van der Waals surface area contributed by atoms with Crippen LogP contribution in [0.3, 0.4) is 0 Å². The van der Waals surface area contributed by atoms with Crippen molar-refractivity contribution in [1.82, 2.24) is 14.5 Å². The van der Waals surface area contributed by atoms with Gasteiger partial charge in [-0.1, -0.05) is 12.1 Å². The summed E-state index contributed by atoms with van der Waals surface area (Å²) in [5.41, 5.74) is 3.63. The maximum absolute atomic E-state index is 13.0. The van der Waals surface area contributed by atoms with E-state index in [1.807, 2.05) is 24.3 Å². The summed E-state index contributed by atoms with van der Waals surface area (Å²) >= 11 is 0. The van der Waals surface area contributed by atoms with E-state index in [1.165, 1.54) is 6.07 Å². The fourth-order valence-corrected chi connectivity index (χ4v) is 3.77. The van der Waals surface area contributed by atoms with E-state index in [-0.39, 0.29) is 17.8 Å².